The van der Waals surface area contributed by atoms with Crippen molar-refractivity contribution in [3.05, 3.63) is 47.6 Å². The van der Waals surface area contributed by atoms with Crippen LogP contribution in [0.15, 0.2) is 42.0 Å². The number of nitrogens with two attached hydrogens (primary N) is 2. The highest BCUT2D eigenvalue weighted by Crippen LogP contribution is 2.08. The summed E-state index contributed by atoms with van der Waals surface area (Å²) in [5.74, 6) is 0. The molecular formula is C12H16N2. The van der Waals surface area contributed by atoms with Crippen molar-refractivity contribution >= 4 is 11.8 Å². The van der Waals surface area contributed by atoms with Gasteiger partial charge < -0.3 is 11.5 Å². The first kappa shape index (κ1) is 10.5. The molecule has 1 aromatic carbocycles. The predicted octanol–water partition coefficient (Wildman–Crippen LogP) is 2.19. The van der Waals surface area contributed by atoms with E-state index in [4.69, 9.17) is 11.5 Å². The van der Waals surface area contributed by atoms with E-state index in [0.717, 1.165) is 16.8 Å². The molecule has 2 heteroatoms. The van der Waals surface area contributed by atoms with Gasteiger partial charge in [-0.15, -0.1) is 0 Å². The van der Waals surface area contributed by atoms with Crippen molar-refractivity contribution in [3.8, 4) is 0 Å². The molecule has 2 nitrogen and oxygen atoms in total. The first-order valence-electron chi connectivity index (χ1n) is 4.65. The van der Waals surface area contributed by atoms with Crippen LogP contribution in [0.3, 0.4) is 0 Å². The van der Waals surface area contributed by atoms with Crippen molar-refractivity contribution in [1.29, 1.82) is 0 Å². The van der Waals surface area contributed by atoms with E-state index in [1.54, 1.807) is 0 Å². The van der Waals surface area contributed by atoms with Crippen LogP contribution in [0.2, 0.25) is 0 Å². The molecule has 0 aliphatic carbocycles. The zero-order chi connectivity index (χ0) is 10.4. The average Bonchev–Trinajstić information content (AvgIpc) is 2.22. The van der Waals surface area contributed by atoms with Gasteiger partial charge in [0.2, 0.25) is 0 Å². The molecular weight excluding hydrogens is 172 g/mol. The number of benzene rings is 1. The van der Waals surface area contributed by atoms with Gasteiger partial charge in [0.1, 0.15) is 0 Å². The molecule has 1 aromatic rings. The molecule has 0 aliphatic heterocycles. The molecule has 0 radical (unpaired) electrons. The van der Waals surface area contributed by atoms with Gasteiger partial charge in [-0.25, -0.2) is 0 Å². The van der Waals surface area contributed by atoms with Crippen molar-refractivity contribution < 1.29 is 0 Å². The summed E-state index contributed by atoms with van der Waals surface area (Å²) in [4.78, 5) is 0. The van der Waals surface area contributed by atoms with Crippen molar-refractivity contribution in [2.75, 3.05) is 12.3 Å². The number of hydrogen-bond acceptors (Lipinski definition) is 2. The minimum atomic E-state index is 0.571. The Morgan fingerprint density at radius 3 is 2.43 bits per heavy atom. The first-order valence-corrected chi connectivity index (χ1v) is 4.65. The van der Waals surface area contributed by atoms with Crippen molar-refractivity contribution in [2.45, 2.75) is 6.92 Å². The summed E-state index contributed by atoms with van der Waals surface area (Å²) in [6.45, 7) is 2.55. The van der Waals surface area contributed by atoms with Crippen LogP contribution in [0.4, 0.5) is 5.69 Å². The minimum Gasteiger partial charge on any atom is -0.399 e. The molecule has 0 saturated carbocycles. The van der Waals surface area contributed by atoms with Crippen molar-refractivity contribution in [2.24, 2.45) is 5.73 Å². The molecule has 74 valence electrons. The fourth-order valence-corrected chi connectivity index (χ4v) is 1.09. The van der Waals surface area contributed by atoms with Gasteiger partial charge in [-0.1, -0.05) is 30.4 Å². The Morgan fingerprint density at radius 1 is 1.29 bits per heavy atom. The maximum Gasteiger partial charge on any atom is 0.0314 e. The fourth-order valence-electron chi connectivity index (χ4n) is 1.09. The third kappa shape index (κ3) is 3.07. The van der Waals surface area contributed by atoms with E-state index in [1.165, 1.54) is 0 Å². The lowest BCUT2D eigenvalue weighted by atomic mass is 10.1. The molecule has 0 fully saturated rings. The third-order valence-electron chi connectivity index (χ3n) is 2.03. The molecule has 0 heterocycles. The zero-order valence-corrected chi connectivity index (χ0v) is 8.40. The first-order chi connectivity index (χ1) is 6.76. The largest absolute Gasteiger partial charge is 0.399 e. The number of nitrogen functional groups attached to an aromatic ring is 1. The molecule has 0 amide bonds. The smallest absolute Gasteiger partial charge is 0.0314 e. The minimum absolute atomic E-state index is 0.571. The Balaban J connectivity index is 2.73. The van der Waals surface area contributed by atoms with Crippen molar-refractivity contribution in [1.82, 2.24) is 0 Å². The third-order valence-corrected chi connectivity index (χ3v) is 2.03. The van der Waals surface area contributed by atoms with Crippen LogP contribution >= 0.6 is 0 Å². The normalized spacial score (nSPS) is 12.3. The van der Waals surface area contributed by atoms with Gasteiger partial charge in [0.05, 0.1) is 0 Å². The molecule has 4 N–H and O–H groups in total. The summed E-state index contributed by atoms with van der Waals surface area (Å²) in [5, 5.41) is 0. The highest BCUT2D eigenvalue weighted by atomic mass is 14.5. The average molecular weight is 188 g/mol. The van der Waals surface area contributed by atoms with E-state index in [0.29, 0.717) is 6.54 Å². The highest BCUT2D eigenvalue weighted by Gasteiger charge is 1.88. The van der Waals surface area contributed by atoms with Crippen LogP contribution in [-0.4, -0.2) is 6.54 Å². The summed E-state index contributed by atoms with van der Waals surface area (Å²) < 4.78 is 0. The lowest BCUT2D eigenvalue weighted by Gasteiger charge is -1.96. The molecule has 0 aliphatic rings. The molecule has 1 rings (SSSR count). The number of anilines is 1. The van der Waals surface area contributed by atoms with Gasteiger partial charge in [0.15, 0.2) is 0 Å². The van der Waals surface area contributed by atoms with Gasteiger partial charge in [-0.2, -0.15) is 0 Å². The van der Waals surface area contributed by atoms with Gasteiger partial charge in [0, 0.05) is 12.2 Å². The lowest BCUT2D eigenvalue weighted by Crippen LogP contribution is -1.99. The van der Waals surface area contributed by atoms with E-state index < -0.39 is 0 Å². The quantitative estimate of drug-likeness (QED) is 0.564. The Morgan fingerprint density at radius 2 is 1.93 bits per heavy atom. The molecule has 0 spiro atoms. The summed E-state index contributed by atoms with van der Waals surface area (Å²) in [6.07, 6.45) is 6.06. The standard InChI is InChI=1S/C12H16N2/c1-2-10(9-13)3-4-11-5-7-12(14)8-6-11/h2-8H,9,13-14H2,1H3/b4-3+,10-2-. The van der Waals surface area contributed by atoms with E-state index in [9.17, 15) is 0 Å². The molecule has 14 heavy (non-hydrogen) atoms. The summed E-state index contributed by atoms with van der Waals surface area (Å²) in [6, 6.07) is 7.74. The Hall–Kier alpha value is -1.54. The molecule has 0 unspecified atom stereocenters. The second-order valence-electron chi connectivity index (χ2n) is 3.07. The highest BCUT2D eigenvalue weighted by molar-refractivity contribution is 5.55. The second-order valence-corrected chi connectivity index (χ2v) is 3.07. The van der Waals surface area contributed by atoms with Crippen LogP contribution in [0.5, 0.6) is 0 Å². The maximum absolute atomic E-state index is 5.58. The maximum atomic E-state index is 5.58. The topological polar surface area (TPSA) is 52.0 Å². The summed E-state index contributed by atoms with van der Waals surface area (Å²) in [7, 11) is 0. The lowest BCUT2D eigenvalue weighted by molar-refractivity contribution is 1.18. The Kier molecular flexibility index (Phi) is 3.95. The molecule has 0 bridgehead atoms. The van der Waals surface area contributed by atoms with E-state index in [2.05, 4.69) is 0 Å². The van der Waals surface area contributed by atoms with Crippen LogP contribution in [0.1, 0.15) is 12.5 Å². The van der Waals surface area contributed by atoms with Gasteiger partial charge in [0.25, 0.3) is 0 Å². The van der Waals surface area contributed by atoms with Crippen LogP contribution in [0, 0.1) is 0 Å². The van der Waals surface area contributed by atoms with Gasteiger partial charge in [-0.3, -0.25) is 0 Å². The SMILES string of the molecule is C/C=C(/C=C/c1ccc(N)cc1)CN. The molecule has 0 aromatic heterocycles. The Bertz CT molecular complexity index is 334. The zero-order valence-electron chi connectivity index (χ0n) is 8.40. The number of hydrogen-bond donors (Lipinski definition) is 2. The predicted molar refractivity (Wildman–Crippen MR) is 62.7 cm³/mol. The van der Waals surface area contributed by atoms with Crippen LogP contribution in [0.25, 0.3) is 6.08 Å². The van der Waals surface area contributed by atoms with E-state index in [-0.39, 0.29) is 0 Å². The fraction of sp³-hybridized carbons (Fsp3) is 0.167. The van der Waals surface area contributed by atoms with Crippen LogP contribution in [-0.2, 0) is 0 Å². The Labute approximate surface area is 84.9 Å². The van der Waals surface area contributed by atoms with E-state index in [1.807, 2.05) is 49.4 Å². The molecule has 0 atom stereocenters. The number of rotatable bonds is 3. The van der Waals surface area contributed by atoms with Gasteiger partial charge >= 0.3 is 0 Å². The van der Waals surface area contributed by atoms with Crippen molar-refractivity contribution in [3.63, 3.8) is 0 Å². The molecule has 0 saturated heterocycles. The van der Waals surface area contributed by atoms with E-state index >= 15 is 0 Å². The monoisotopic (exact) mass is 188 g/mol. The van der Waals surface area contributed by atoms with Crippen LogP contribution < -0.4 is 11.5 Å². The second kappa shape index (κ2) is 5.25. The summed E-state index contributed by atoms with van der Waals surface area (Å²) in [5.41, 5.74) is 14.2. The summed E-state index contributed by atoms with van der Waals surface area (Å²) >= 11 is 0. The number of allylic oxidation sites excluding steroid dienone is 1. The van der Waals surface area contributed by atoms with Gasteiger partial charge in [-0.05, 0) is 30.2 Å².